The summed E-state index contributed by atoms with van der Waals surface area (Å²) in [6.07, 6.45) is 0. The predicted molar refractivity (Wildman–Crippen MR) is 52.6 cm³/mol. The largest absolute Gasteiger partial charge is 0.387 e. The number of aliphatic imine (C=N–C) groups is 1. The van der Waals surface area contributed by atoms with Gasteiger partial charge in [-0.1, -0.05) is 0 Å². The fraction of sp³-hybridized carbons (Fsp3) is 0.778. The fourth-order valence-corrected chi connectivity index (χ4v) is 0.730. The highest BCUT2D eigenvalue weighted by Crippen LogP contribution is 2.17. The molecule has 4 nitrogen and oxygen atoms in total. The van der Waals surface area contributed by atoms with Crippen molar-refractivity contribution in [3.8, 4) is 0 Å². The van der Waals surface area contributed by atoms with E-state index in [4.69, 9.17) is 10.5 Å². The summed E-state index contributed by atoms with van der Waals surface area (Å²) in [6.45, 7) is 8.03. The van der Waals surface area contributed by atoms with Gasteiger partial charge in [0.25, 0.3) is 5.91 Å². The molecule has 76 valence electrons. The van der Waals surface area contributed by atoms with E-state index in [0.29, 0.717) is 13.2 Å². The van der Waals surface area contributed by atoms with Crippen LogP contribution in [-0.2, 0) is 9.53 Å². The van der Waals surface area contributed by atoms with Crippen molar-refractivity contribution < 1.29 is 9.53 Å². The molecule has 4 heteroatoms. The quantitative estimate of drug-likeness (QED) is 0.525. The number of ether oxygens (including phenoxy) is 1. The smallest absolute Gasteiger partial charge is 0.255 e. The molecule has 0 aliphatic carbocycles. The summed E-state index contributed by atoms with van der Waals surface area (Å²) in [4.78, 5) is 15.1. The third-order valence-corrected chi connectivity index (χ3v) is 1.52. The molecule has 0 aliphatic rings. The number of amidine groups is 1. The Kier molecular flexibility index (Phi) is 4.62. The Balaban J connectivity index is 4.27. The number of carbonyl (C=O) groups is 1. The highest BCUT2D eigenvalue weighted by molar-refractivity contribution is 5.94. The molecule has 2 N–H and O–H groups in total. The summed E-state index contributed by atoms with van der Waals surface area (Å²) >= 11 is 0. The molecule has 0 unspecified atom stereocenters. The molecular weight excluding hydrogens is 168 g/mol. The van der Waals surface area contributed by atoms with Gasteiger partial charge in [0.05, 0.1) is 17.9 Å². The molecular formula is C9H18N2O2. The maximum absolute atomic E-state index is 11.4. The van der Waals surface area contributed by atoms with Crippen molar-refractivity contribution in [1.29, 1.82) is 0 Å². The van der Waals surface area contributed by atoms with Crippen molar-refractivity contribution in [3.05, 3.63) is 0 Å². The second-order valence-electron chi connectivity index (χ2n) is 3.58. The summed E-state index contributed by atoms with van der Waals surface area (Å²) in [5.41, 5.74) is 4.72. The van der Waals surface area contributed by atoms with Crippen molar-refractivity contribution in [1.82, 2.24) is 0 Å². The molecule has 0 aromatic carbocycles. The second kappa shape index (κ2) is 4.97. The van der Waals surface area contributed by atoms with E-state index in [0.717, 1.165) is 0 Å². The van der Waals surface area contributed by atoms with Crippen LogP contribution in [0.25, 0.3) is 0 Å². The number of rotatable bonds is 4. The molecule has 0 atom stereocenters. The number of nitrogens with zero attached hydrogens (tertiary/aromatic N) is 1. The lowest BCUT2D eigenvalue weighted by atomic mass is 9.94. The summed E-state index contributed by atoms with van der Waals surface area (Å²) in [6, 6.07) is 0. The number of amides is 1. The standard InChI is InChI=1S/C9H18N2O2/c1-5-13-6-9(3,4)8(12)11-7(2)10/h5-6H2,1-4H3,(H2,10,11,12). The lowest BCUT2D eigenvalue weighted by Crippen LogP contribution is -2.29. The molecule has 1 amide bonds. The van der Waals surface area contributed by atoms with Gasteiger partial charge in [-0.2, -0.15) is 0 Å². The normalized spacial score (nSPS) is 13.1. The Morgan fingerprint density at radius 2 is 2.08 bits per heavy atom. The Bertz CT molecular complexity index is 206. The summed E-state index contributed by atoms with van der Waals surface area (Å²) in [5.74, 6) is 0.0514. The van der Waals surface area contributed by atoms with Crippen LogP contribution in [0, 0.1) is 5.41 Å². The molecule has 0 spiro atoms. The van der Waals surface area contributed by atoms with E-state index in [1.165, 1.54) is 0 Å². The molecule has 0 rings (SSSR count). The lowest BCUT2D eigenvalue weighted by Gasteiger charge is -2.19. The van der Waals surface area contributed by atoms with E-state index in [2.05, 4.69) is 4.99 Å². The third-order valence-electron chi connectivity index (χ3n) is 1.52. The highest BCUT2D eigenvalue weighted by Gasteiger charge is 2.27. The SMILES string of the molecule is CCOCC(C)(C)C(=O)N=C(C)N. The lowest BCUT2D eigenvalue weighted by molar-refractivity contribution is -0.128. The van der Waals surface area contributed by atoms with Crippen LogP contribution in [0.2, 0.25) is 0 Å². The topological polar surface area (TPSA) is 64.7 Å². The first-order valence-corrected chi connectivity index (χ1v) is 4.33. The van der Waals surface area contributed by atoms with Gasteiger partial charge in [0.15, 0.2) is 0 Å². The van der Waals surface area contributed by atoms with Crippen LogP contribution < -0.4 is 5.73 Å². The van der Waals surface area contributed by atoms with Crippen molar-refractivity contribution in [2.45, 2.75) is 27.7 Å². The van der Waals surface area contributed by atoms with Crippen molar-refractivity contribution >= 4 is 11.7 Å². The molecule has 0 aromatic heterocycles. The van der Waals surface area contributed by atoms with Gasteiger partial charge in [0.1, 0.15) is 0 Å². The van der Waals surface area contributed by atoms with E-state index >= 15 is 0 Å². The Hall–Kier alpha value is -0.900. The van der Waals surface area contributed by atoms with Gasteiger partial charge in [0, 0.05) is 6.61 Å². The van der Waals surface area contributed by atoms with E-state index in [-0.39, 0.29) is 11.7 Å². The fourth-order valence-electron chi connectivity index (χ4n) is 0.730. The Morgan fingerprint density at radius 3 is 2.46 bits per heavy atom. The molecule has 0 radical (unpaired) electrons. The third kappa shape index (κ3) is 4.62. The second-order valence-corrected chi connectivity index (χ2v) is 3.58. The van der Waals surface area contributed by atoms with Gasteiger partial charge in [-0.3, -0.25) is 4.79 Å². The Morgan fingerprint density at radius 1 is 1.54 bits per heavy atom. The summed E-state index contributed by atoms with van der Waals surface area (Å²) < 4.78 is 5.17. The predicted octanol–water partition coefficient (Wildman–Crippen LogP) is 0.953. The van der Waals surface area contributed by atoms with Gasteiger partial charge in [0.2, 0.25) is 0 Å². The summed E-state index contributed by atoms with van der Waals surface area (Å²) in [7, 11) is 0. The van der Waals surface area contributed by atoms with Crippen molar-refractivity contribution in [3.63, 3.8) is 0 Å². The van der Waals surface area contributed by atoms with Gasteiger partial charge >= 0.3 is 0 Å². The molecule has 0 heterocycles. The van der Waals surface area contributed by atoms with Gasteiger partial charge in [-0.15, -0.1) is 0 Å². The van der Waals surface area contributed by atoms with Gasteiger partial charge in [-0.25, -0.2) is 4.99 Å². The summed E-state index contributed by atoms with van der Waals surface area (Å²) in [5, 5.41) is 0. The zero-order chi connectivity index (χ0) is 10.5. The van der Waals surface area contributed by atoms with Crippen LogP contribution in [-0.4, -0.2) is 25.0 Å². The van der Waals surface area contributed by atoms with E-state index in [1.54, 1.807) is 20.8 Å². The molecule has 0 saturated carbocycles. The van der Waals surface area contributed by atoms with E-state index in [9.17, 15) is 4.79 Å². The van der Waals surface area contributed by atoms with Crippen LogP contribution in [0.4, 0.5) is 0 Å². The van der Waals surface area contributed by atoms with Crippen LogP contribution >= 0.6 is 0 Å². The van der Waals surface area contributed by atoms with Crippen LogP contribution in [0.1, 0.15) is 27.7 Å². The Labute approximate surface area is 79.2 Å². The molecule has 0 aliphatic heterocycles. The molecule has 0 bridgehead atoms. The molecule has 13 heavy (non-hydrogen) atoms. The first-order chi connectivity index (χ1) is 5.90. The average Bonchev–Trinajstić information content (AvgIpc) is 1.99. The van der Waals surface area contributed by atoms with Crippen LogP contribution in [0.3, 0.4) is 0 Å². The molecule has 0 fully saturated rings. The minimum Gasteiger partial charge on any atom is -0.387 e. The molecule has 0 saturated heterocycles. The maximum Gasteiger partial charge on any atom is 0.255 e. The van der Waals surface area contributed by atoms with E-state index < -0.39 is 5.41 Å². The first-order valence-electron chi connectivity index (χ1n) is 4.33. The van der Waals surface area contributed by atoms with Crippen molar-refractivity contribution in [2.24, 2.45) is 16.1 Å². The number of hydrogen-bond acceptors (Lipinski definition) is 2. The minimum absolute atomic E-state index is 0.235. The monoisotopic (exact) mass is 186 g/mol. The van der Waals surface area contributed by atoms with Gasteiger partial charge < -0.3 is 10.5 Å². The number of carbonyl (C=O) groups excluding carboxylic acids is 1. The van der Waals surface area contributed by atoms with Gasteiger partial charge in [-0.05, 0) is 27.7 Å². The van der Waals surface area contributed by atoms with Crippen molar-refractivity contribution in [2.75, 3.05) is 13.2 Å². The molecule has 0 aromatic rings. The number of hydrogen-bond donors (Lipinski definition) is 1. The van der Waals surface area contributed by atoms with Crippen LogP contribution in [0.5, 0.6) is 0 Å². The highest BCUT2D eigenvalue weighted by atomic mass is 16.5. The zero-order valence-corrected chi connectivity index (χ0v) is 8.76. The zero-order valence-electron chi connectivity index (χ0n) is 8.76. The minimum atomic E-state index is -0.587. The average molecular weight is 186 g/mol. The van der Waals surface area contributed by atoms with E-state index in [1.807, 2.05) is 6.92 Å². The first kappa shape index (κ1) is 12.1. The number of nitrogens with two attached hydrogens (primary N) is 1. The maximum atomic E-state index is 11.4. The van der Waals surface area contributed by atoms with Crippen LogP contribution in [0.15, 0.2) is 4.99 Å².